The van der Waals surface area contributed by atoms with Gasteiger partial charge in [-0.25, -0.2) is 0 Å². The average molecular weight is 380 g/mol. The summed E-state index contributed by atoms with van der Waals surface area (Å²) in [5.74, 6) is 0. The van der Waals surface area contributed by atoms with Gasteiger partial charge in [-0.05, 0) is 47.9 Å². The Morgan fingerprint density at radius 1 is 0.840 bits per heavy atom. The van der Waals surface area contributed by atoms with Crippen molar-refractivity contribution in [1.29, 1.82) is 0 Å². The van der Waals surface area contributed by atoms with Crippen LogP contribution in [-0.2, 0) is 25.3 Å². The van der Waals surface area contributed by atoms with Crippen LogP contribution in [-0.4, -0.2) is 6.54 Å². The fourth-order valence-electron chi connectivity index (χ4n) is 2.88. The highest BCUT2D eigenvalue weighted by molar-refractivity contribution is 6.31. The van der Waals surface area contributed by atoms with E-state index >= 15 is 0 Å². The molecule has 0 aromatic heterocycles. The molecule has 2 aromatic carbocycles. The lowest BCUT2D eigenvalue weighted by Gasteiger charge is -2.31. The average Bonchev–Trinajstić information content (AvgIpc) is 2.51. The van der Waals surface area contributed by atoms with E-state index in [0.29, 0.717) is 30.8 Å². The van der Waals surface area contributed by atoms with Gasteiger partial charge in [0.2, 0.25) is 0 Å². The molecule has 25 heavy (non-hydrogen) atoms. The van der Waals surface area contributed by atoms with Gasteiger partial charge in [0.15, 0.2) is 0 Å². The first-order valence-corrected chi connectivity index (χ1v) is 7.74. The molecule has 3 rings (SSSR count). The number of anilines is 1. The number of rotatable bonds is 1. The van der Waals surface area contributed by atoms with Crippen LogP contribution in [0, 0.1) is 0 Å². The smallest absolute Gasteiger partial charge is 0.367 e. The van der Waals surface area contributed by atoms with E-state index in [2.05, 4.69) is 0 Å². The minimum atomic E-state index is -4.53. The second-order valence-corrected chi connectivity index (χ2v) is 6.22. The fourth-order valence-corrected chi connectivity index (χ4v) is 3.16. The molecule has 134 valence electrons. The molecule has 0 spiro atoms. The Labute approximate surface area is 144 Å². The maximum absolute atomic E-state index is 12.8. The normalized spacial score (nSPS) is 15.2. The molecule has 0 amide bonds. The third kappa shape index (κ3) is 3.71. The topological polar surface area (TPSA) is 3.24 Å². The summed E-state index contributed by atoms with van der Waals surface area (Å²) in [6, 6.07) is 7.04. The standard InChI is InChI=1S/C17H12ClF6N/c18-15-8-13(3-4-14(15)17(22,23)24)25-6-5-10-7-12(16(19,20)21)2-1-11(10)9-25/h1-4,7-8H,5-6,9H2. The minimum Gasteiger partial charge on any atom is -0.367 e. The summed E-state index contributed by atoms with van der Waals surface area (Å²) >= 11 is 5.73. The lowest BCUT2D eigenvalue weighted by atomic mass is 9.96. The number of alkyl halides is 6. The zero-order chi connectivity index (χ0) is 18.4. The predicted octanol–water partition coefficient (Wildman–Crippen LogP) is 5.94. The Morgan fingerprint density at radius 3 is 2.16 bits per heavy atom. The van der Waals surface area contributed by atoms with Crippen LogP contribution in [0.1, 0.15) is 22.3 Å². The number of nitrogens with zero attached hydrogens (tertiary/aromatic N) is 1. The van der Waals surface area contributed by atoms with Crippen LogP contribution in [0.5, 0.6) is 0 Å². The molecule has 0 fully saturated rings. The van der Waals surface area contributed by atoms with E-state index in [9.17, 15) is 26.3 Å². The molecule has 1 aliphatic heterocycles. The van der Waals surface area contributed by atoms with Gasteiger partial charge in [-0.2, -0.15) is 26.3 Å². The lowest BCUT2D eigenvalue weighted by Crippen LogP contribution is -2.30. The maximum Gasteiger partial charge on any atom is 0.417 e. The van der Waals surface area contributed by atoms with Crippen molar-refractivity contribution in [1.82, 2.24) is 0 Å². The van der Waals surface area contributed by atoms with Crippen LogP contribution in [0.25, 0.3) is 0 Å². The largest absolute Gasteiger partial charge is 0.417 e. The Bertz CT molecular complexity index is 797. The van der Waals surface area contributed by atoms with Gasteiger partial charge in [-0.15, -0.1) is 0 Å². The van der Waals surface area contributed by atoms with E-state index in [4.69, 9.17) is 11.6 Å². The van der Waals surface area contributed by atoms with Crippen LogP contribution in [0.4, 0.5) is 32.0 Å². The monoisotopic (exact) mass is 379 g/mol. The molecule has 0 N–H and O–H groups in total. The first-order chi connectivity index (χ1) is 11.6. The highest BCUT2D eigenvalue weighted by atomic mass is 35.5. The molecule has 0 bridgehead atoms. The van der Waals surface area contributed by atoms with Crippen molar-refractivity contribution in [3.05, 3.63) is 63.7 Å². The van der Waals surface area contributed by atoms with Crippen molar-refractivity contribution in [3.8, 4) is 0 Å². The molecule has 0 radical (unpaired) electrons. The first kappa shape index (κ1) is 17.9. The maximum atomic E-state index is 12.8. The highest BCUT2D eigenvalue weighted by Crippen LogP contribution is 2.38. The van der Waals surface area contributed by atoms with E-state index < -0.39 is 28.5 Å². The van der Waals surface area contributed by atoms with Crippen LogP contribution in [0.2, 0.25) is 5.02 Å². The molecule has 0 aliphatic carbocycles. The Kier molecular flexibility index (Phi) is 4.39. The van der Waals surface area contributed by atoms with E-state index in [0.717, 1.165) is 23.8 Å². The van der Waals surface area contributed by atoms with Crippen molar-refractivity contribution >= 4 is 17.3 Å². The molecule has 8 heteroatoms. The zero-order valence-corrected chi connectivity index (χ0v) is 13.4. The van der Waals surface area contributed by atoms with Gasteiger partial charge in [0.05, 0.1) is 16.1 Å². The number of hydrogen-bond acceptors (Lipinski definition) is 1. The van der Waals surface area contributed by atoms with E-state index in [1.54, 1.807) is 4.90 Å². The molecule has 0 atom stereocenters. The lowest BCUT2D eigenvalue weighted by molar-refractivity contribution is -0.138. The summed E-state index contributed by atoms with van der Waals surface area (Å²) < 4.78 is 76.6. The van der Waals surface area contributed by atoms with E-state index in [1.807, 2.05) is 0 Å². The van der Waals surface area contributed by atoms with Gasteiger partial charge in [0.25, 0.3) is 0 Å². The Hall–Kier alpha value is -1.89. The van der Waals surface area contributed by atoms with Crippen LogP contribution >= 0.6 is 11.6 Å². The summed E-state index contributed by atoms with van der Waals surface area (Å²) in [4.78, 5) is 1.79. The second kappa shape index (κ2) is 6.12. The third-order valence-corrected chi connectivity index (χ3v) is 4.48. The van der Waals surface area contributed by atoms with Crippen molar-refractivity contribution in [2.75, 3.05) is 11.4 Å². The van der Waals surface area contributed by atoms with Gasteiger partial charge in [-0.1, -0.05) is 17.7 Å². The second-order valence-electron chi connectivity index (χ2n) is 5.81. The molecule has 1 aliphatic rings. The van der Waals surface area contributed by atoms with Crippen molar-refractivity contribution in [2.45, 2.75) is 25.3 Å². The summed E-state index contributed by atoms with van der Waals surface area (Å²) in [6.07, 6.45) is -8.55. The number of halogens is 7. The quantitative estimate of drug-likeness (QED) is 0.554. The van der Waals surface area contributed by atoms with Gasteiger partial charge in [0, 0.05) is 18.8 Å². The number of fused-ring (bicyclic) bond motifs is 1. The van der Waals surface area contributed by atoms with Gasteiger partial charge in [-0.3, -0.25) is 0 Å². The molecule has 0 saturated heterocycles. The molecule has 0 saturated carbocycles. The summed E-state index contributed by atoms with van der Waals surface area (Å²) in [7, 11) is 0. The molecule has 0 unspecified atom stereocenters. The van der Waals surface area contributed by atoms with Crippen molar-refractivity contribution in [2.24, 2.45) is 0 Å². The highest BCUT2D eigenvalue weighted by Gasteiger charge is 2.34. The molecule has 1 nitrogen and oxygen atoms in total. The number of hydrogen-bond donors (Lipinski definition) is 0. The van der Waals surface area contributed by atoms with E-state index in [1.165, 1.54) is 18.2 Å². The van der Waals surface area contributed by atoms with Crippen LogP contribution < -0.4 is 4.90 Å². The summed E-state index contributed by atoms with van der Waals surface area (Å²) in [5.41, 5.74) is 0.213. The Morgan fingerprint density at radius 2 is 1.56 bits per heavy atom. The van der Waals surface area contributed by atoms with Gasteiger partial charge < -0.3 is 4.90 Å². The minimum absolute atomic E-state index is 0.315. The van der Waals surface area contributed by atoms with Crippen molar-refractivity contribution in [3.63, 3.8) is 0 Å². The third-order valence-electron chi connectivity index (χ3n) is 4.17. The summed E-state index contributed by atoms with van der Waals surface area (Å²) in [6.45, 7) is 0.713. The van der Waals surface area contributed by atoms with Gasteiger partial charge >= 0.3 is 12.4 Å². The molecular formula is C17H12ClF6N. The fraction of sp³-hybridized carbons (Fsp3) is 0.294. The SMILES string of the molecule is FC(F)(F)c1ccc2c(c1)CCN(c1ccc(C(F)(F)F)c(Cl)c1)C2. The Balaban J connectivity index is 1.85. The van der Waals surface area contributed by atoms with Crippen LogP contribution in [0.15, 0.2) is 36.4 Å². The van der Waals surface area contributed by atoms with Crippen molar-refractivity contribution < 1.29 is 26.3 Å². The van der Waals surface area contributed by atoms with Crippen LogP contribution in [0.3, 0.4) is 0 Å². The molecule has 2 aromatic rings. The van der Waals surface area contributed by atoms with E-state index in [-0.39, 0.29) is 0 Å². The first-order valence-electron chi connectivity index (χ1n) is 7.36. The molecular weight excluding hydrogens is 368 g/mol. The zero-order valence-electron chi connectivity index (χ0n) is 12.7. The summed E-state index contributed by atoms with van der Waals surface area (Å²) in [5, 5.41) is -0.400. The number of benzene rings is 2. The predicted molar refractivity (Wildman–Crippen MR) is 82.7 cm³/mol. The van der Waals surface area contributed by atoms with Gasteiger partial charge in [0.1, 0.15) is 0 Å². The molecule has 1 heterocycles.